The van der Waals surface area contributed by atoms with Crippen LogP contribution < -0.4 is 15.4 Å². The summed E-state index contributed by atoms with van der Waals surface area (Å²) in [5, 5.41) is 5.95. The van der Waals surface area contributed by atoms with Crippen molar-refractivity contribution in [3.63, 3.8) is 0 Å². The van der Waals surface area contributed by atoms with Crippen LogP contribution in [0.1, 0.15) is 31.6 Å². The number of nitrogens with one attached hydrogen (secondary N) is 2. The Bertz CT molecular complexity index is 936. The predicted octanol–water partition coefficient (Wildman–Crippen LogP) is 3.18. The molecule has 4 amide bonds. The lowest BCUT2D eigenvalue weighted by Gasteiger charge is -2.15. The molecule has 1 aliphatic rings. The Morgan fingerprint density at radius 2 is 1.97 bits per heavy atom. The summed E-state index contributed by atoms with van der Waals surface area (Å²) < 4.78 is 5.17. The van der Waals surface area contributed by atoms with Gasteiger partial charge in [0.15, 0.2) is 5.13 Å². The van der Waals surface area contributed by atoms with Crippen molar-refractivity contribution in [3.05, 3.63) is 29.1 Å². The molecule has 0 spiro atoms. The quantitative estimate of drug-likeness (QED) is 0.675. The van der Waals surface area contributed by atoms with Crippen molar-refractivity contribution < 1.29 is 19.1 Å². The summed E-state index contributed by atoms with van der Waals surface area (Å²) in [4.78, 5) is 42.9. The Hall–Kier alpha value is -2.94. The monoisotopic (exact) mass is 416 g/mol. The number of methoxy groups -OCH3 is 1. The van der Waals surface area contributed by atoms with E-state index in [1.165, 1.54) is 11.3 Å². The van der Waals surface area contributed by atoms with Gasteiger partial charge in [-0.15, -0.1) is 11.3 Å². The molecule has 1 aromatic heterocycles. The highest BCUT2D eigenvalue weighted by Gasteiger charge is 2.43. The number of urea groups is 1. The van der Waals surface area contributed by atoms with E-state index >= 15 is 0 Å². The zero-order valence-corrected chi connectivity index (χ0v) is 17.7. The molecule has 3 rings (SSSR count). The maximum atomic E-state index is 12.3. The van der Waals surface area contributed by atoms with Gasteiger partial charge in [0.1, 0.15) is 11.3 Å². The molecule has 0 saturated carbocycles. The van der Waals surface area contributed by atoms with Crippen LogP contribution in [0, 0.1) is 6.92 Å². The average molecular weight is 417 g/mol. The first-order valence-electron chi connectivity index (χ1n) is 9.27. The fraction of sp³-hybridized carbons (Fsp3) is 0.400. The molecule has 29 heavy (non-hydrogen) atoms. The van der Waals surface area contributed by atoms with Gasteiger partial charge in [-0.05, 0) is 51.5 Å². The third-order valence-electron chi connectivity index (χ3n) is 4.64. The standard InChI is InChI=1S/C20H24N4O4S/c1-12-16(13-7-9-14(28-4)10-8-13)22-18(29-12)21-15(25)6-5-11-24-17(26)20(2,3)23-19(24)27/h7-10H,5-6,11H2,1-4H3,(H,23,27)(H,21,22,25). The maximum Gasteiger partial charge on any atom is 0.325 e. The zero-order chi connectivity index (χ0) is 21.2. The van der Waals surface area contributed by atoms with Crippen LogP contribution in [-0.2, 0) is 9.59 Å². The first kappa shape index (κ1) is 20.8. The van der Waals surface area contributed by atoms with Gasteiger partial charge in [-0.2, -0.15) is 0 Å². The summed E-state index contributed by atoms with van der Waals surface area (Å²) in [5.41, 5.74) is 0.867. The summed E-state index contributed by atoms with van der Waals surface area (Å²) in [6, 6.07) is 7.16. The van der Waals surface area contributed by atoms with Gasteiger partial charge in [0.2, 0.25) is 5.91 Å². The number of thiazole rings is 1. The van der Waals surface area contributed by atoms with Crippen molar-refractivity contribution in [3.8, 4) is 17.0 Å². The topological polar surface area (TPSA) is 101 Å². The van der Waals surface area contributed by atoms with Crippen LogP contribution in [0.4, 0.5) is 9.93 Å². The maximum absolute atomic E-state index is 12.3. The van der Waals surface area contributed by atoms with Crippen molar-refractivity contribution in [2.45, 2.75) is 39.2 Å². The molecule has 2 heterocycles. The molecule has 0 atom stereocenters. The molecule has 9 heteroatoms. The van der Waals surface area contributed by atoms with Crippen LogP contribution in [0.3, 0.4) is 0 Å². The second-order valence-corrected chi connectivity index (χ2v) is 8.52. The van der Waals surface area contributed by atoms with Crippen LogP contribution in [0.5, 0.6) is 5.75 Å². The summed E-state index contributed by atoms with van der Waals surface area (Å²) in [6.07, 6.45) is 0.574. The number of benzene rings is 1. The van der Waals surface area contributed by atoms with Gasteiger partial charge in [0.05, 0.1) is 12.8 Å². The van der Waals surface area contributed by atoms with Gasteiger partial charge in [0, 0.05) is 23.4 Å². The number of carbonyl (C=O) groups excluding carboxylic acids is 3. The van der Waals surface area contributed by atoms with Gasteiger partial charge in [0.25, 0.3) is 5.91 Å². The van der Waals surface area contributed by atoms with E-state index in [9.17, 15) is 14.4 Å². The summed E-state index contributed by atoms with van der Waals surface area (Å²) in [6.45, 7) is 5.47. The second-order valence-electron chi connectivity index (χ2n) is 7.32. The number of nitrogens with zero attached hydrogens (tertiary/aromatic N) is 2. The summed E-state index contributed by atoms with van der Waals surface area (Å²) in [5.74, 6) is 0.289. The smallest absolute Gasteiger partial charge is 0.325 e. The molecule has 154 valence electrons. The number of ether oxygens (including phenoxy) is 1. The van der Waals surface area contributed by atoms with Gasteiger partial charge < -0.3 is 15.4 Å². The SMILES string of the molecule is COc1ccc(-c2nc(NC(=O)CCCN3C(=O)NC(C)(C)C3=O)sc2C)cc1. The van der Waals surface area contributed by atoms with Crippen LogP contribution in [-0.4, -0.2) is 46.9 Å². The lowest BCUT2D eigenvalue weighted by molar-refractivity contribution is -0.130. The third-order valence-corrected chi connectivity index (χ3v) is 5.52. The molecule has 8 nitrogen and oxygen atoms in total. The highest BCUT2D eigenvalue weighted by atomic mass is 32.1. The number of anilines is 1. The van der Waals surface area contributed by atoms with Crippen LogP contribution >= 0.6 is 11.3 Å². The minimum Gasteiger partial charge on any atom is -0.497 e. The fourth-order valence-corrected chi connectivity index (χ4v) is 3.92. The fourth-order valence-electron chi connectivity index (χ4n) is 3.07. The van der Waals surface area contributed by atoms with E-state index in [1.54, 1.807) is 21.0 Å². The first-order chi connectivity index (χ1) is 13.7. The third kappa shape index (κ3) is 4.56. The van der Waals surface area contributed by atoms with Crippen molar-refractivity contribution >= 4 is 34.3 Å². The lowest BCUT2D eigenvalue weighted by atomic mass is 10.1. The number of imide groups is 1. The van der Waals surface area contributed by atoms with E-state index in [1.807, 2.05) is 31.2 Å². The summed E-state index contributed by atoms with van der Waals surface area (Å²) in [7, 11) is 1.61. The molecule has 1 aromatic carbocycles. The average Bonchev–Trinajstić information content (AvgIpc) is 3.12. The Labute approximate surface area is 173 Å². The summed E-state index contributed by atoms with van der Waals surface area (Å²) >= 11 is 1.40. The molecular formula is C20H24N4O4S. The van der Waals surface area contributed by atoms with Crippen molar-refractivity contribution in [1.29, 1.82) is 0 Å². The van der Waals surface area contributed by atoms with Gasteiger partial charge in [-0.3, -0.25) is 14.5 Å². The van der Waals surface area contributed by atoms with Gasteiger partial charge in [-0.1, -0.05) is 0 Å². The molecule has 1 aliphatic heterocycles. The van der Waals surface area contributed by atoms with Gasteiger partial charge in [-0.25, -0.2) is 9.78 Å². The van der Waals surface area contributed by atoms with E-state index in [-0.39, 0.29) is 24.8 Å². The van der Waals surface area contributed by atoms with E-state index in [0.717, 1.165) is 26.8 Å². The van der Waals surface area contributed by atoms with Crippen LogP contribution in [0.2, 0.25) is 0 Å². The largest absolute Gasteiger partial charge is 0.497 e. The minimum absolute atomic E-state index is 0.188. The number of hydrogen-bond donors (Lipinski definition) is 2. The number of hydrogen-bond acceptors (Lipinski definition) is 6. The Kier molecular flexibility index (Phi) is 5.88. The van der Waals surface area contributed by atoms with E-state index in [2.05, 4.69) is 15.6 Å². The second kappa shape index (κ2) is 8.20. The predicted molar refractivity (Wildman–Crippen MR) is 111 cm³/mol. The van der Waals surface area contributed by atoms with Crippen molar-refractivity contribution in [1.82, 2.24) is 15.2 Å². The Morgan fingerprint density at radius 1 is 1.28 bits per heavy atom. The highest BCUT2D eigenvalue weighted by Crippen LogP contribution is 2.31. The molecule has 0 unspecified atom stereocenters. The number of carbonyl (C=O) groups is 3. The molecule has 0 bridgehead atoms. The minimum atomic E-state index is -0.893. The molecule has 1 fully saturated rings. The van der Waals surface area contributed by atoms with Gasteiger partial charge >= 0.3 is 6.03 Å². The van der Waals surface area contributed by atoms with E-state index < -0.39 is 11.6 Å². The normalized spacial score (nSPS) is 15.4. The number of amides is 4. The molecule has 2 N–H and O–H groups in total. The number of aromatic nitrogens is 1. The molecule has 0 radical (unpaired) electrons. The highest BCUT2D eigenvalue weighted by molar-refractivity contribution is 7.16. The van der Waals surface area contributed by atoms with Crippen molar-refractivity contribution in [2.24, 2.45) is 0 Å². The molecular weight excluding hydrogens is 392 g/mol. The zero-order valence-electron chi connectivity index (χ0n) is 16.9. The molecule has 2 aromatic rings. The Morgan fingerprint density at radius 3 is 2.55 bits per heavy atom. The molecule has 0 aliphatic carbocycles. The van der Waals surface area contributed by atoms with Crippen molar-refractivity contribution in [2.75, 3.05) is 19.0 Å². The Balaban J connectivity index is 1.55. The first-order valence-corrected chi connectivity index (χ1v) is 10.1. The van der Waals surface area contributed by atoms with E-state index in [4.69, 9.17) is 4.74 Å². The van der Waals surface area contributed by atoms with E-state index in [0.29, 0.717) is 11.6 Å². The number of rotatable bonds is 7. The van der Waals surface area contributed by atoms with Crippen LogP contribution in [0.15, 0.2) is 24.3 Å². The van der Waals surface area contributed by atoms with Crippen LogP contribution in [0.25, 0.3) is 11.3 Å². The molecule has 1 saturated heterocycles. The number of aryl methyl sites for hydroxylation is 1. The lowest BCUT2D eigenvalue weighted by Crippen LogP contribution is -2.40.